The highest BCUT2D eigenvalue weighted by molar-refractivity contribution is 5.45. The van der Waals surface area contributed by atoms with Crippen molar-refractivity contribution in [2.75, 3.05) is 13.8 Å². The van der Waals surface area contributed by atoms with E-state index in [1.807, 2.05) is 37.1 Å². The van der Waals surface area contributed by atoms with Gasteiger partial charge < -0.3 is 9.47 Å². The summed E-state index contributed by atoms with van der Waals surface area (Å²) >= 11 is 0. The second-order valence-electron chi connectivity index (χ2n) is 5.66. The summed E-state index contributed by atoms with van der Waals surface area (Å²) in [4.78, 5) is 2.02. The summed E-state index contributed by atoms with van der Waals surface area (Å²) in [5.74, 6) is 1.30. The number of ether oxygens (including phenoxy) is 2. The van der Waals surface area contributed by atoms with E-state index in [1.165, 1.54) is 5.56 Å². The van der Waals surface area contributed by atoms with Crippen LogP contribution in [0.5, 0.6) is 11.5 Å². The molecule has 0 saturated carbocycles. The zero-order valence-electron chi connectivity index (χ0n) is 12.8. The Morgan fingerprint density at radius 3 is 2.59 bits per heavy atom. The molecule has 2 unspecified atom stereocenters. The normalized spacial score (nSPS) is 15.8. The zero-order valence-corrected chi connectivity index (χ0v) is 12.8. The third-order valence-corrected chi connectivity index (χ3v) is 4.11. The lowest BCUT2D eigenvalue weighted by molar-refractivity contribution is 0.142. The fourth-order valence-corrected chi connectivity index (χ4v) is 2.60. The monoisotopic (exact) mass is 301 g/mol. The van der Waals surface area contributed by atoms with Crippen molar-refractivity contribution in [3.8, 4) is 11.5 Å². The van der Waals surface area contributed by atoms with Crippen LogP contribution in [-0.4, -0.2) is 24.8 Å². The van der Waals surface area contributed by atoms with Crippen molar-refractivity contribution in [2.45, 2.75) is 25.7 Å². The first-order valence-corrected chi connectivity index (χ1v) is 7.43. The summed E-state index contributed by atoms with van der Waals surface area (Å²) in [5, 5.41) is 0. The Kier molecular flexibility index (Phi) is 4.29. The highest BCUT2D eigenvalue weighted by atomic mass is 19.1. The molecule has 116 valence electrons. The number of rotatable bonds is 5. The van der Waals surface area contributed by atoms with Crippen molar-refractivity contribution in [1.82, 2.24) is 4.90 Å². The van der Waals surface area contributed by atoms with E-state index in [0.29, 0.717) is 23.6 Å². The molecule has 1 aliphatic rings. The van der Waals surface area contributed by atoms with Crippen molar-refractivity contribution in [1.29, 1.82) is 0 Å². The molecule has 0 aliphatic carbocycles. The first kappa shape index (κ1) is 14.9. The lowest BCUT2D eigenvalue weighted by atomic mass is 10.0. The van der Waals surface area contributed by atoms with Crippen molar-refractivity contribution in [2.24, 2.45) is 0 Å². The number of benzene rings is 2. The van der Waals surface area contributed by atoms with Gasteiger partial charge >= 0.3 is 0 Å². The van der Waals surface area contributed by atoms with Crippen LogP contribution < -0.4 is 9.47 Å². The average Bonchev–Trinajstić information content (AvgIpc) is 3.02. The molecule has 2 aromatic rings. The van der Waals surface area contributed by atoms with E-state index in [0.717, 1.165) is 0 Å². The smallest absolute Gasteiger partial charge is 0.231 e. The molecule has 3 nitrogen and oxygen atoms in total. The fourth-order valence-electron chi connectivity index (χ4n) is 2.60. The molecular weight excluding hydrogens is 281 g/mol. The van der Waals surface area contributed by atoms with Crippen LogP contribution in [0.15, 0.2) is 48.5 Å². The van der Waals surface area contributed by atoms with E-state index in [1.54, 1.807) is 18.2 Å². The maximum Gasteiger partial charge on any atom is 0.231 e. The Bertz CT molecular complexity index is 632. The molecule has 0 spiro atoms. The number of likely N-dealkylation sites (N-methyl/N-ethyl adjacent to an activating group) is 1. The van der Waals surface area contributed by atoms with Crippen molar-refractivity contribution >= 4 is 0 Å². The van der Waals surface area contributed by atoms with Crippen LogP contribution in [0.4, 0.5) is 4.39 Å². The molecule has 22 heavy (non-hydrogen) atoms. The van der Waals surface area contributed by atoms with Gasteiger partial charge in [-0.2, -0.15) is 0 Å². The Morgan fingerprint density at radius 2 is 1.82 bits per heavy atom. The van der Waals surface area contributed by atoms with Crippen molar-refractivity contribution in [3.63, 3.8) is 0 Å². The van der Waals surface area contributed by atoms with Gasteiger partial charge in [0, 0.05) is 12.6 Å². The minimum Gasteiger partial charge on any atom is -0.454 e. The van der Waals surface area contributed by atoms with Crippen LogP contribution in [0, 0.1) is 0 Å². The summed E-state index contributed by atoms with van der Waals surface area (Å²) in [7, 11) is 1.94. The molecule has 1 heterocycles. The SMILES string of the molecule is CC(C(F)c1ccc2c(c1)OCO2)N(C)Cc1ccccc1. The third kappa shape index (κ3) is 3.07. The fraction of sp³-hybridized carbons (Fsp3) is 0.333. The quantitative estimate of drug-likeness (QED) is 0.835. The lowest BCUT2D eigenvalue weighted by Crippen LogP contribution is -2.32. The number of hydrogen-bond acceptors (Lipinski definition) is 3. The Balaban J connectivity index is 1.69. The van der Waals surface area contributed by atoms with Crippen LogP contribution >= 0.6 is 0 Å². The van der Waals surface area contributed by atoms with Crippen molar-refractivity contribution in [3.05, 3.63) is 59.7 Å². The largest absolute Gasteiger partial charge is 0.454 e. The molecule has 0 N–H and O–H groups in total. The standard InChI is InChI=1S/C18H20FNO2/c1-13(20(2)11-14-6-4-3-5-7-14)18(19)15-8-9-16-17(10-15)22-12-21-16/h3-10,13,18H,11-12H2,1-2H3. The molecule has 0 aromatic heterocycles. The summed E-state index contributed by atoms with van der Waals surface area (Å²) in [6.07, 6.45) is -1.08. The molecule has 0 fully saturated rings. The van der Waals surface area contributed by atoms with Gasteiger partial charge in [-0.15, -0.1) is 0 Å². The zero-order chi connectivity index (χ0) is 15.5. The highest BCUT2D eigenvalue weighted by Gasteiger charge is 2.24. The Labute approximate surface area is 130 Å². The van der Waals surface area contributed by atoms with Crippen LogP contribution in [0.1, 0.15) is 24.2 Å². The van der Waals surface area contributed by atoms with E-state index in [4.69, 9.17) is 9.47 Å². The van der Waals surface area contributed by atoms with Gasteiger partial charge in [0.2, 0.25) is 6.79 Å². The van der Waals surface area contributed by atoms with Crippen LogP contribution in [0.25, 0.3) is 0 Å². The van der Waals surface area contributed by atoms with Gasteiger partial charge in [0.25, 0.3) is 0 Å². The number of fused-ring (bicyclic) bond motifs is 1. The molecule has 3 rings (SSSR count). The Hall–Kier alpha value is -2.07. The lowest BCUT2D eigenvalue weighted by Gasteiger charge is -2.28. The maximum absolute atomic E-state index is 14.8. The minimum absolute atomic E-state index is 0.208. The molecule has 1 aliphatic heterocycles. The Morgan fingerprint density at radius 1 is 1.09 bits per heavy atom. The number of alkyl halides is 1. The summed E-state index contributed by atoms with van der Waals surface area (Å²) in [6, 6.07) is 15.1. The second kappa shape index (κ2) is 6.36. The van der Waals surface area contributed by atoms with Gasteiger partial charge in [-0.3, -0.25) is 4.90 Å². The third-order valence-electron chi connectivity index (χ3n) is 4.11. The van der Waals surface area contributed by atoms with Gasteiger partial charge in [0.05, 0.1) is 0 Å². The van der Waals surface area contributed by atoms with Gasteiger partial charge in [-0.05, 0) is 37.2 Å². The van der Waals surface area contributed by atoms with Gasteiger partial charge in [-0.25, -0.2) is 4.39 Å². The minimum atomic E-state index is -1.08. The van der Waals surface area contributed by atoms with Crippen LogP contribution in [0.2, 0.25) is 0 Å². The second-order valence-corrected chi connectivity index (χ2v) is 5.66. The van der Waals surface area contributed by atoms with Gasteiger partial charge in [-0.1, -0.05) is 36.4 Å². The summed E-state index contributed by atoms with van der Waals surface area (Å²) in [6.45, 7) is 2.82. The van der Waals surface area contributed by atoms with E-state index in [2.05, 4.69) is 12.1 Å². The molecule has 0 saturated heterocycles. The summed E-state index contributed by atoms with van der Waals surface area (Å²) in [5.41, 5.74) is 1.80. The highest BCUT2D eigenvalue weighted by Crippen LogP contribution is 2.36. The molecule has 0 amide bonds. The number of hydrogen-bond donors (Lipinski definition) is 0. The molecule has 0 radical (unpaired) electrons. The molecule has 2 aromatic carbocycles. The molecule has 2 atom stereocenters. The van der Waals surface area contributed by atoms with Crippen LogP contribution in [-0.2, 0) is 6.54 Å². The van der Waals surface area contributed by atoms with E-state index in [-0.39, 0.29) is 12.8 Å². The maximum atomic E-state index is 14.8. The van der Waals surface area contributed by atoms with E-state index in [9.17, 15) is 4.39 Å². The van der Waals surface area contributed by atoms with Crippen LogP contribution in [0.3, 0.4) is 0 Å². The van der Waals surface area contributed by atoms with Gasteiger partial charge in [0.1, 0.15) is 6.17 Å². The number of nitrogens with zero attached hydrogens (tertiary/aromatic N) is 1. The molecule has 4 heteroatoms. The predicted molar refractivity (Wildman–Crippen MR) is 83.8 cm³/mol. The number of halogens is 1. The molecule has 0 bridgehead atoms. The van der Waals surface area contributed by atoms with Crippen molar-refractivity contribution < 1.29 is 13.9 Å². The first-order chi connectivity index (χ1) is 10.6. The first-order valence-electron chi connectivity index (χ1n) is 7.43. The predicted octanol–water partition coefficient (Wildman–Crippen LogP) is 3.95. The topological polar surface area (TPSA) is 21.7 Å². The molecular formula is C18H20FNO2. The van der Waals surface area contributed by atoms with E-state index >= 15 is 0 Å². The average molecular weight is 301 g/mol. The van der Waals surface area contributed by atoms with Gasteiger partial charge in [0.15, 0.2) is 11.5 Å². The summed E-state index contributed by atoms with van der Waals surface area (Å²) < 4.78 is 25.4. The van der Waals surface area contributed by atoms with E-state index < -0.39 is 6.17 Å².